The molecule has 0 bridgehead atoms. The number of sulfonamides is 1. The molecule has 8 heteroatoms. The maximum atomic E-state index is 13.1. The lowest BCUT2D eigenvalue weighted by molar-refractivity contribution is -0.137. The minimum atomic E-state index is -3.88. The van der Waals surface area contributed by atoms with Crippen molar-refractivity contribution in [2.45, 2.75) is 23.8 Å². The van der Waals surface area contributed by atoms with E-state index in [1.807, 2.05) is 0 Å². The second-order valence-corrected chi connectivity index (χ2v) is 7.26. The molecule has 0 aromatic heterocycles. The van der Waals surface area contributed by atoms with E-state index in [9.17, 15) is 17.6 Å². The van der Waals surface area contributed by atoms with Gasteiger partial charge in [-0.15, -0.1) is 0 Å². The first kappa shape index (κ1) is 18.4. The predicted octanol–water partition coefficient (Wildman–Crippen LogP) is 3.36. The molecule has 1 unspecified atom stereocenters. The van der Waals surface area contributed by atoms with E-state index in [0.29, 0.717) is 10.6 Å². The average molecular weight is 372 g/mol. The highest BCUT2D eigenvalue weighted by Crippen LogP contribution is 2.23. The summed E-state index contributed by atoms with van der Waals surface area (Å²) in [6.07, 6.45) is -0.195. The van der Waals surface area contributed by atoms with Gasteiger partial charge in [0.2, 0.25) is 10.0 Å². The third kappa shape index (κ3) is 5.02. The van der Waals surface area contributed by atoms with Gasteiger partial charge in [-0.05, 0) is 48.4 Å². The molecule has 1 atom stereocenters. The van der Waals surface area contributed by atoms with Gasteiger partial charge in [-0.25, -0.2) is 17.5 Å². The summed E-state index contributed by atoms with van der Waals surface area (Å²) in [5.41, 5.74) is 0.482. The SMILES string of the molecule is O=C(O)CCC(NS(=O)(=O)c1ccc(Cl)cc1)c1ccc(F)cc1. The molecule has 0 fully saturated rings. The summed E-state index contributed by atoms with van der Waals surface area (Å²) in [7, 11) is -3.88. The van der Waals surface area contributed by atoms with Crippen LogP contribution in [0.2, 0.25) is 5.02 Å². The van der Waals surface area contributed by atoms with Crippen molar-refractivity contribution in [2.75, 3.05) is 0 Å². The summed E-state index contributed by atoms with van der Waals surface area (Å²) < 4.78 is 40.4. The molecule has 128 valence electrons. The molecule has 0 radical (unpaired) electrons. The average Bonchev–Trinajstić information content (AvgIpc) is 2.52. The van der Waals surface area contributed by atoms with Crippen LogP contribution in [0.25, 0.3) is 0 Å². The van der Waals surface area contributed by atoms with Gasteiger partial charge >= 0.3 is 5.97 Å². The fraction of sp³-hybridized carbons (Fsp3) is 0.188. The molecule has 5 nitrogen and oxygen atoms in total. The third-order valence-electron chi connectivity index (χ3n) is 3.34. The second-order valence-electron chi connectivity index (χ2n) is 5.11. The molecule has 0 heterocycles. The van der Waals surface area contributed by atoms with E-state index in [4.69, 9.17) is 16.7 Å². The smallest absolute Gasteiger partial charge is 0.303 e. The highest BCUT2D eigenvalue weighted by atomic mass is 35.5. The Hall–Kier alpha value is -1.96. The number of carboxylic acid groups (broad SMARTS) is 1. The quantitative estimate of drug-likeness (QED) is 0.781. The Labute approximate surface area is 144 Å². The first-order chi connectivity index (χ1) is 11.3. The van der Waals surface area contributed by atoms with Gasteiger partial charge < -0.3 is 5.11 Å². The number of nitrogens with one attached hydrogen (secondary N) is 1. The molecule has 2 aromatic carbocycles. The van der Waals surface area contributed by atoms with E-state index in [0.717, 1.165) is 0 Å². The highest BCUT2D eigenvalue weighted by Gasteiger charge is 2.22. The molecule has 0 aliphatic heterocycles. The molecule has 0 saturated carbocycles. The van der Waals surface area contributed by atoms with Crippen molar-refractivity contribution in [1.29, 1.82) is 0 Å². The topological polar surface area (TPSA) is 83.5 Å². The summed E-state index contributed by atoms with van der Waals surface area (Å²) in [4.78, 5) is 10.8. The van der Waals surface area contributed by atoms with Gasteiger partial charge in [0.05, 0.1) is 4.90 Å². The Balaban J connectivity index is 2.27. The zero-order valence-corrected chi connectivity index (χ0v) is 14.0. The summed E-state index contributed by atoms with van der Waals surface area (Å²) >= 11 is 5.75. The number of benzene rings is 2. The van der Waals surface area contributed by atoms with Crippen LogP contribution in [0.4, 0.5) is 4.39 Å². The van der Waals surface area contributed by atoms with E-state index < -0.39 is 27.9 Å². The molecule has 0 amide bonds. The number of hydrogen-bond donors (Lipinski definition) is 2. The van der Waals surface area contributed by atoms with Crippen LogP contribution in [0.1, 0.15) is 24.4 Å². The fourth-order valence-corrected chi connectivity index (χ4v) is 3.51. The zero-order chi connectivity index (χ0) is 17.7. The number of carboxylic acids is 1. The van der Waals surface area contributed by atoms with Gasteiger partial charge in [-0.1, -0.05) is 23.7 Å². The van der Waals surface area contributed by atoms with Crippen LogP contribution in [0.5, 0.6) is 0 Å². The number of carbonyl (C=O) groups is 1. The molecule has 2 N–H and O–H groups in total. The molecule has 2 rings (SSSR count). The summed E-state index contributed by atoms with van der Waals surface area (Å²) in [6, 6.07) is 10.0. The van der Waals surface area contributed by atoms with E-state index in [1.165, 1.54) is 48.5 Å². The van der Waals surface area contributed by atoms with Crippen molar-refractivity contribution < 1.29 is 22.7 Å². The minimum Gasteiger partial charge on any atom is -0.481 e. The van der Waals surface area contributed by atoms with Crippen LogP contribution < -0.4 is 4.72 Å². The normalized spacial score (nSPS) is 12.8. The minimum absolute atomic E-state index is 0.00865. The Kier molecular flexibility index (Phi) is 5.93. The summed E-state index contributed by atoms with van der Waals surface area (Å²) in [6.45, 7) is 0. The lowest BCUT2D eigenvalue weighted by atomic mass is 10.0. The third-order valence-corrected chi connectivity index (χ3v) is 5.08. The zero-order valence-electron chi connectivity index (χ0n) is 12.4. The van der Waals surface area contributed by atoms with E-state index in [2.05, 4.69) is 4.72 Å². The second kappa shape index (κ2) is 7.74. The molecule has 0 aliphatic rings. The largest absolute Gasteiger partial charge is 0.481 e. The standard InChI is InChI=1S/C16H15ClFNO4S/c17-12-3-7-14(8-4-12)24(22,23)19-15(9-10-16(20)21)11-1-5-13(18)6-2-11/h1-8,15,19H,9-10H2,(H,20,21). The first-order valence-corrected chi connectivity index (χ1v) is 8.89. The van der Waals surface area contributed by atoms with Crippen molar-refractivity contribution in [3.05, 3.63) is 64.9 Å². The number of halogens is 2. The molecule has 0 saturated heterocycles. The molecule has 0 aliphatic carbocycles. The van der Waals surface area contributed by atoms with E-state index >= 15 is 0 Å². The van der Waals surface area contributed by atoms with E-state index in [1.54, 1.807) is 0 Å². The van der Waals surface area contributed by atoms with Crippen LogP contribution >= 0.6 is 11.6 Å². The molecule has 2 aromatic rings. The van der Waals surface area contributed by atoms with Gasteiger partial charge in [-0.2, -0.15) is 0 Å². The first-order valence-electron chi connectivity index (χ1n) is 7.03. The molecule has 24 heavy (non-hydrogen) atoms. The highest BCUT2D eigenvalue weighted by molar-refractivity contribution is 7.89. The van der Waals surface area contributed by atoms with Crippen LogP contribution in [0.15, 0.2) is 53.4 Å². The van der Waals surface area contributed by atoms with E-state index in [-0.39, 0.29) is 17.7 Å². The Morgan fingerprint density at radius 2 is 1.71 bits per heavy atom. The van der Waals surface area contributed by atoms with Gasteiger partial charge in [0.1, 0.15) is 5.82 Å². The number of hydrogen-bond acceptors (Lipinski definition) is 3. The fourth-order valence-electron chi connectivity index (χ4n) is 2.13. The maximum Gasteiger partial charge on any atom is 0.303 e. The number of rotatable bonds is 7. The van der Waals surface area contributed by atoms with Crippen molar-refractivity contribution in [3.63, 3.8) is 0 Å². The summed E-state index contributed by atoms with van der Waals surface area (Å²) in [5, 5.41) is 9.25. The van der Waals surface area contributed by atoms with Gasteiger partial charge in [0.15, 0.2) is 0 Å². The Morgan fingerprint density at radius 3 is 2.25 bits per heavy atom. The van der Waals surface area contributed by atoms with Crippen LogP contribution in [-0.2, 0) is 14.8 Å². The van der Waals surface area contributed by atoms with Crippen LogP contribution in [0.3, 0.4) is 0 Å². The van der Waals surface area contributed by atoms with Crippen molar-refractivity contribution in [1.82, 2.24) is 4.72 Å². The van der Waals surface area contributed by atoms with Gasteiger partial charge in [0.25, 0.3) is 0 Å². The lowest BCUT2D eigenvalue weighted by Gasteiger charge is -2.18. The van der Waals surface area contributed by atoms with Crippen molar-refractivity contribution in [3.8, 4) is 0 Å². The molecular formula is C16H15ClFNO4S. The molecule has 0 spiro atoms. The van der Waals surface area contributed by atoms with Crippen molar-refractivity contribution in [2.24, 2.45) is 0 Å². The van der Waals surface area contributed by atoms with Crippen LogP contribution in [-0.4, -0.2) is 19.5 Å². The Morgan fingerprint density at radius 1 is 1.12 bits per heavy atom. The summed E-state index contributed by atoms with van der Waals surface area (Å²) in [5.74, 6) is -1.51. The monoisotopic (exact) mass is 371 g/mol. The lowest BCUT2D eigenvalue weighted by Crippen LogP contribution is -2.29. The van der Waals surface area contributed by atoms with Gasteiger partial charge in [0, 0.05) is 17.5 Å². The van der Waals surface area contributed by atoms with Crippen LogP contribution in [0, 0.1) is 5.82 Å². The number of aliphatic carboxylic acids is 1. The maximum absolute atomic E-state index is 13.1. The Bertz CT molecular complexity index is 807. The predicted molar refractivity (Wildman–Crippen MR) is 87.8 cm³/mol. The van der Waals surface area contributed by atoms with Gasteiger partial charge in [-0.3, -0.25) is 4.79 Å². The molecular weight excluding hydrogens is 357 g/mol. The van der Waals surface area contributed by atoms with Crippen molar-refractivity contribution >= 4 is 27.6 Å².